The van der Waals surface area contributed by atoms with Crippen molar-refractivity contribution >= 4 is 33.5 Å². The van der Waals surface area contributed by atoms with Crippen LogP contribution in [0.1, 0.15) is 64.0 Å². The van der Waals surface area contributed by atoms with Gasteiger partial charge >= 0.3 is 6.09 Å². The Hall–Kier alpha value is -4.99. The summed E-state index contributed by atoms with van der Waals surface area (Å²) in [7, 11) is -3.67. The third-order valence-electron chi connectivity index (χ3n) is 10.4. The van der Waals surface area contributed by atoms with Crippen molar-refractivity contribution in [3.05, 3.63) is 77.9 Å². The van der Waals surface area contributed by atoms with Gasteiger partial charge in [0.1, 0.15) is 11.4 Å². The molecule has 6 rings (SSSR count). The first-order valence-corrected chi connectivity index (χ1v) is 20.6. The molecule has 0 bridgehead atoms. The SMILES string of the molecule is Cc1ccc(S(=O)(=O)N2CCOCC2)cc1-c1ccc(C[C@H](CC(=O)C2CCC(CNC(=O)OC(C)(C)C)CC2)C(=O)Nc2ccc(-c3nn[nH]n3)cc2)cc1. The third kappa shape index (κ3) is 10.6. The lowest BCUT2D eigenvalue weighted by Gasteiger charge is -2.29. The molecular formula is C41H51N7O7S. The fraction of sp³-hybridized carbons (Fsp3) is 0.463. The smallest absolute Gasteiger partial charge is 0.407 e. The zero-order valence-electron chi connectivity index (χ0n) is 32.4. The Kier molecular flexibility index (Phi) is 13.0. The van der Waals surface area contributed by atoms with E-state index in [0.29, 0.717) is 63.6 Å². The Balaban J connectivity index is 1.14. The number of morpholine rings is 1. The Morgan fingerprint density at radius 1 is 0.946 bits per heavy atom. The summed E-state index contributed by atoms with van der Waals surface area (Å²) in [5.74, 6) is -0.318. The summed E-state index contributed by atoms with van der Waals surface area (Å²) in [4.78, 5) is 40.1. The summed E-state index contributed by atoms with van der Waals surface area (Å²) in [5, 5.41) is 19.9. The van der Waals surface area contributed by atoms with Gasteiger partial charge < -0.3 is 20.1 Å². The van der Waals surface area contributed by atoms with E-state index in [4.69, 9.17) is 9.47 Å². The van der Waals surface area contributed by atoms with E-state index in [0.717, 1.165) is 40.7 Å². The number of ether oxygens (including phenoxy) is 2. The second-order valence-electron chi connectivity index (χ2n) is 15.7. The number of nitrogens with one attached hydrogen (secondary N) is 3. The number of carbonyl (C=O) groups excluding carboxylic acids is 3. The maximum atomic E-state index is 13.9. The topological polar surface area (TPSA) is 186 Å². The highest BCUT2D eigenvalue weighted by Crippen LogP contribution is 2.33. The number of rotatable bonds is 13. The van der Waals surface area contributed by atoms with Crippen LogP contribution in [-0.2, 0) is 35.5 Å². The average Bonchev–Trinajstić information content (AvgIpc) is 3.73. The van der Waals surface area contributed by atoms with Gasteiger partial charge in [-0.05, 0) is 130 Å². The lowest BCUT2D eigenvalue weighted by atomic mass is 9.77. The van der Waals surface area contributed by atoms with Crippen LogP contribution in [0.15, 0.2) is 71.6 Å². The van der Waals surface area contributed by atoms with Gasteiger partial charge in [0, 0.05) is 49.1 Å². The third-order valence-corrected chi connectivity index (χ3v) is 12.3. The molecule has 3 N–H and O–H groups in total. The number of aromatic amines is 1. The lowest BCUT2D eigenvalue weighted by molar-refractivity contribution is -0.129. The number of sulfonamides is 1. The van der Waals surface area contributed by atoms with Crippen molar-refractivity contribution in [1.82, 2.24) is 30.2 Å². The molecule has 3 aromatic carbocycles. The summed E-state index contributed by atoms with van der Waals surface area (Å²) >= 11 is 0. The van der Waals surface area contributed by atoms with Crippen molar-refractivity contribution in [2.45, 2.75) is 76.7 Å². The van der Waals surface area contributed by atoms with Crippen LogP contribution in [0.25, 0.3) is 22.5 Å². The van der Waals surface area contributed by atoms with E-state index in [1.54, 1.807) is 36.4 Å². The highest BCUT2D eigenvalue weighted by Gasteiger charge is 2.31. The first-order valence-electron chi connectivity index (χ1n) is 19.2. The fourth-order valence-electron chi connectivity index (χ4n) is 7.24. The van der Waals surface area contributed by atoms with Gasteiger partial charge in [0.05, 0.1) is 18.1 Å². The maximum absolute atomic E-state index is 13.9. The zero-order chi connectivity index (χ0) is 39.9. The van der Waals surface area contributed by atoms with E-state index in [-0.39, 0.29) is 34.8 Å². The molecule has 4 aromatic rings. The number of anilines is 1. The predicted molar refractivity (Wildman–Crippen MR) is 211 cm³/mol. The molecule has 1 saturated carbocycles. The van der Waals surface area contributed by atoms with Crippen molar-refractivity contribution < 1.29 is 32.3 Å². The minimum Gasteiger partial charge on any atom is -0.444 e. The van der Waals surface area contributed by atoms with Crippen LogP contribution in [0.3, 0.4) is 0 Å². The van der Waals surface area contributed by atoms with Gasteiger partial charge in [0.15, 0.2) is 0 Å². The van der Waals surface area contributed by atoms with Crippen LogP contribution in [0.5, 0.6) is 0 Å². The zero-order valence-corrected chi connectivity index (χ0v) is 33.2. The monoisotopic (exact) mass is 785 g/mol. The van der Waals surface area contributed by atoms with Crippen LogP contribution >= 0.6 is 0 Å². The van der Waals surface area contributed by atoms with E-state index in [1.807, 2.05) is 58.0 Å². The number of H-pyrrole nitrogens is 1. The number of aryl methyl sites for hydroxylation is 1. The number of alkyl carbamates (subject to hydrolysis) is 1. The Bertz CT molecular complexity index is 2070. The number of amides is 2. The molecule has 0 spiro atoms. The second kappa shape index (κ2) is 17.9. The average molecular weight is 786 g/mol. The minimum atomic E-state index is -3.67. The highest BCUT2D eigenvalue weighted by atomic mass is 32.2. The molecule has 1 aromatic heterocycles. The first-order chi connectivity index (χ1) is 26.7. The molecule has 14 nitrogen and oxygen atoms in total. The van der Waals surface area contributed by atoms with Crippen molar-refractivity contribution in [1.29, 1.82) is 0 Å². The van der Waals surface area contributed by atoms with Gasteiger partial charge in [-0.2, -0.15) is 9.52 Å². The summed E-state index contributed by atoms with van der Waals surface area (Å²) in [5.41, 5.74) is 4.20. The first kappa shape index (κ1) is 40.7. The molecule has 2 heterocycles. The van der Waals surface area contributed by atoms with Crippen LogP contribution in [0, 0.1) is 24.7 Å². The van der Waals surface area contributed by atoms with E-state index < -0.39 is 27.6 Å². The lowest BCUT2D eigenvalue weighted by Crippen LogP contribution is -2.40. The molecule has 298 valence electrons. The predicted octanol–water partition coefficient (Wildman–Crippen LogP) is 5.95. The van der Waals surface area contributed by atoms with Gasteiger partial charge in [0.25, 0.3) is 0 Å². The summed E-state index contributed by atoms with van der Waals surface area (Å²) in [6, 6.07) is 20.0. The van der Waals surface area contributed by atoms with Crippen LogP contribution in [0.2, 0.25) is 0 Å². The number of hydrogen-bond acceptors (Lipinski definition) is 10. The van der Waals surface area contributed by atoms with E-state index >= 15 is 0 Å². The molecule has 0 radical (unpaired) electrons. The maximum Gasteiger partial charge on any atom is 0.407 e. The number of aromatic nitrogens is 4. The number of carbonyl (C=O) groups is 3. The fourth-order valence-corrected chi connectivity index (χ4v) is 8.68. The molecule has 2 fully saturated rings. The van der Waals surface area contributed by atoms with Crippen molar-refractivity contribution in [3.8, 4) is 22.5 Å². The van der Waals surface area contributed by atoms with Gasteiger partial charge in [-0.3, -0.25) is 9.59 Å². The van der Waals surface area contributed by atoms with Gasteiger partial charge in [-0.1, -0.05) is 30.3 Å². The molecule has 15 heteroatoms. The van der Waals surface area contributed by atoms with Crippen LogP contribution in [-0.4, -0.2) is 89.6 Å². The normalized spacial score (nSPS) is 18.5. The van der Waals surface area contributed by atoms with Gasteiger partial charge in [0.2, 0.25) is 21.8 Å². The van der Waals surface area contributed by atoms with Crippen molar-refractivity contribution in [3.63, 3.8) is 0 Å². The number of tetrazole rings is 1. The van der Waals surface area contributed by atoms with E-state index in [2.05, 4.69) is 31.3 Å². The van der Waals surface area contributed by atoms with Crippen LogP contribution < -0.4 is 10.6 Å². The molecule has 1 aliphatic carbocycles. The van der Waals surface area contributed by atoms with Gasteiger partial charge in [-0.15, -0.1) is 10.2 Å². The standard InChI is InChI=1S/C41H51N7O7S/c1-27-5-18-35(56(52,53)48-19-21-54-22-20-48)25-36(27)30-10-6-28(7-11-30)23-33(39(50)43-34-16-14-32(15-17-34)38-44-46-47-45-38)24-37(49)31-12-8-29(9-13-31)26-42-40(51)55-41(2,3)4/h5-7,10-11,14-18,25,29,31,33H,8-9,12-13,19-24,26H2,1-4H3,(H,42,51)(H,43,50)(H,44,45,46,47)/t29?,31?,33-/m1/s1. The Morgan fingerprint density at radius 2 is 1.62 bits per heavy atom. The molecular weight excluding hydrogens is 735 g/mol. The second-order valence-corrected chi connectivity index (χ2v) is 17.6. The number of ketones is 1. The molecule has 2 amide bonds. The van der Waals surface area contributed by atoms with Gasteiger partial charge in [-0.25, -0.2) is 13.2 Å². The number of hydrogen-bond donors (Lipinski definition) is 3. The van der Waals surface area contributed by atoms with Crippen LogP contribution in [0.4, 0.5) is 10.5 Å². The molecule has 1 saturated heterocycles. The van der Waals surface area contributed by atoms with E-state index in [1.165, 1.54) is 4.31 Å². The molecule has 56 heavy (non-hydrogen) atoms. The molecule has 1 atom stereocenters. The molecule has 0 unspecified atom stereocenters. The van der Waals surface area contributed by atoms with E-state index in [9.17, 15) is 22.8 Å². The summed E-state index contributed by atoms with van der Waals surface area (Å²) < 4.78 is 39.0. The minimum absolute atomic E-state index is 0.0571. The quantitative estimate of drug-likeness (QED) is 0.146. The van der Waals surface area contributed by atoms with Crippen molar-refractivity contribution in [2.24, 2.45) is 17.8 Å². The number of nitrogens with zero attached hydrogens (tertiary/aromatic N) is 4. The Labute approximate surface area is 328 Å². The number of Topliss-reactive ketones (excluding diaryl/α,β-unsaturated/α-hetero) is 1. The summed E-state index contributed by atoms with van der Waals surface area (Å²) in [6.07, 6.45) is 2.96. The Morgan fingerprint density at radius 3 is 2.27 bits per heavy atom. The summed E-state index contributed by atoms with van der Waals surface area (Å²) in [6.45, 7) is 9.28. The molecule has 2 aliphatic rings. The largest absolute Gasteiger partial charge is 0.444 e. The molecule has 1 aliphatic heterocycles. The highest BCUT2D eigenvalue weighted by molar-refractivity contribution is 7.89. The number of benzene rings is 3. The van der Waals surface area contributed by atoms with Crippen molar-refractivity contribution in [2.75, 3.05) is 38.2 Å².